The number of hydrogen-bond donors (Lipinski definition) is 2. The monoisotopic (exact) mass is 354 g/mol. The van der Waals surface area contributed by atoms with Gasteiger partial charge in [0, 0.05) is 11.3 Å². The second-order valence-corrected chi connectivity index (χ2v) is 5.99. The van der Waals surface area contributed by atoms with Crippen LogP contribution in [0.4, 0.5) is 5.69 Å². The number of aryl methyl sites for hydroxylation is 2. The zero-order valence-electron chi connectivity index (χ0n) is 15.0. The van der Waals surface area contributed by atoms with E-state index in [2.05, 4.69) is 10.6 Å². The Kier molecular flexibility index (Phi) is 6.49. The maximum absolute atomic E-state index is 12.2. The minimum atomic E-state index is -0.975. The second kappa shape index (κ2) is 8.80. The summed E-state index contributed by atoms with van der Waals surface area (Å²) in [5.41, 5.74) is 3.13. The fourth-order valence-corrected chi connectivity index (χ4v) is 2.32. The Hall–Kier alpha value is -3.15. The largest absolute Gasteiger partial charge is 0.451 e. The number of carbonyl (C=O) groups excluding carboxylic acids is 3. The highest BCUT2D eigenvalue weighted by molar-refractivity contribution is 5.97. The quantitative estimate of drug-likeness (QED) is 0.781. The van der Waals surface area contributed by atoms with Crippen molar-refractivity contribution in [2.75, 3.05) is 11.9 Å². The number of benzene rings is 2. The number of anilines is 1. The van der Waals surface area contributed by atoms with Crippen LogP contribution in [-0.2, 0) is 14.3 Å². The van der Waals surface area contributed by atoms with E-state index in [0.717, 1.165) is 11.1 Å². The van der Waals surface area contributed by atoms with Crippen LogP contribution in [0.1, 0.15) is 28.4 Å². The number of esters is 1. The molecule has 6 heteroatoms. The van der Waals surface area contributed by atoms with E-state index < -0.39 is 18.0 Å². The van der Waals surface area contributed by atoms with Gasteiger partial charge >= 0.3 is 5.97 Å². The van der Waals surface area contributed by atoms with Crippen LogP contribution < -0.4 is 10.6 Å². The molecule has 6 nitrogen and oxygen atoms in total. The highest BCUT2D eigenvalue weighted by Crippen LogP contribution is 2.16. The molecule has 2 N–H and O–H groups in total. The van der Waals surface area contributed by atoms with Crippen molar-refractivity contribution in [2.45, 2.75) is 26.9 Å². The zero-order valence-corrected chi connectivity index (χ0v) is 15.0. The molecule has 0 heterocycles. The third-order valence-corrected chi connectivity index (χ3v) is 3.75. The lowest BCUT2D eigenvalue weighted by Crippen LogP contribution is -2.35. The third-order valence-electron chi connectivity index (χ3n) is 3.75. The van der Waals surface area contributed by atoms with Crippen molar-refractivity contribution in [3.05, 3.63) is 65.2 Å². The van der Waals surface area contributed by atoms with Crippen molar-refractivity contribution >= 4 is 23.5 Å². The minimum absolute atomic E-state index is 0.311. The number of carbonyl (C=O) groups is 3. The summed E-state index contributed by atoms with van der Waals surface area (Å²) in [5.74, 6) is -1.49. The van der Waals surface area contributed by atoms with E-state index in [0.29, 0.717) is 11.3 Å². The third kappa shape index (κ3) is 5.44. The molecular weight excluding hydrogens is 332 g/mol. The Bertz CT molecular complexity index is 803. The fraction of sp³-hybridized carbons (Fsp3) is 0.250. The van der Waals surface area contributed by atoms with Gasteiger partial charge in [0.2, 0.25) is 0 Å². The van der Waals surface area contributed by atoms with Crippen molar-refractivity contribution in [2.24, 2.45) is 0 Å². The number of amides is 2. The van der Waals surface area contributed by atoms with Gasteiger partial charge < -0.3 is 15.4 Å². The highest BCUT2D eigenvalue weighted by atomic mass is 16.5. The van der Waals surface area contributed by atoms with Gasteiger partial charge in [-0.2, -0.15) is 0 Å². The first kappa shape index (κ1) is 19.2. The number of ether oxygens (including phenoxy) is 1. The lowest BCUT2D eigenvalue weighted by Gasteiger charge is -2.15. The van der Waals surface area contributed by atoms with Gasteiger partial charge in [-0.25, -0.2) is 0 Å². The van der Waals surface area contributed by atoms with Crippen LogP contribution in [0.2, 0.25) is 0 Å². The van der Waals surface area contributed by atoms with Crippen molar-refractivity contribution in [3.63, 3.8) is 0 Å². The molecule has 0 aliphatic carbocycles. The maximum atomic E-state index is 12.2. The molecule has 0 spiro atoms. The average Bonchev–Trinajstić information content (AvgIpc) is 2.62. The lowest BCUT2D eigenvalue weighted by atomic mass is 10.1. The standard InChI is InChI=1S/C20H22N2O4/c1-13-9-10-17(14(2)11-13)22-19(24)15(3)26-18(23)12-21-20(25)16-7-5-4-6-8-16/h4-11,15H,12H2,1-3H3,(H,21,25)(H,22,24)/t15-/m1/s1. The summed E-state index contributed by atoms with van der Waals surface area (Å²) >= 11 is 0. The SMILES string of the molecule is Cc1ccc(NC(=O)[C@@H](C)OC(=O)CNC(=O)c2ccccc2)c(C)c1. The number of hydrogen-bond acceptors (Lipinski definition) is 4. The molecule has 0 radical (unpaired) electrons. The van der Waals surface area contributed by atoms with Gasteiger partial charge in [-0.15, -0.1) is 0 Å². The van der Waals surface area contributed by atoms with E-state index in [4.69, 9.17) is 4.74 Å². The molecule has 2 rings (SSSR count). The molecule has 2 aromatic carbocycles. The molecule has 0 saturated carbocycles. The van der Waals surface area contributed by atoms with Gasteiger partial charge in [-0.1, -0.05) is 35.9 Å². The van der Waals surface area contributed by atoms with Crippen molar-refractivity contribution < 1.29 is 19.1 Å². The Balaban J connectivity index is 1.82. The Labute approximate surface area is 152 Å². The molecule has 0 aromatic heterocycles. The van der Waals surface area contributed by atoms with Crippen LogP contribution in [-0.4, -0.2) is 30.4 Å². The van der Waals surface area contributed by atoms with Gasteiger partial charge in [0.1, 0.15) is 6.54 Å². The van der Waals surface area contributed by atoms with E-state index in [1.165, 1.54) is 6.92 Å². The van der Waals surface area contributed by atoms with Crippen molar-refractivity contribution in [3.8, 4) is 0 Å². The van der Waals surface area contributed by atoms with E-state index in [1.54, 1.807) is 36.4 Å². The normalized spacial score (nSPS) is 11.3. The summed E-state index contributed by atoms with van der Waals surface area (Å²) in [5, 5.41) is 5.19. The van der Waals surface area contributed by atoms with Gasteiger partial charge in [-0.05, 0) is 44.5 Å². The smallest absolute Gasteiger partial charge is 0.326 e. The maximum Gasteiger partial charge on any atom is 0.326 e. The van der Waals surface area contributed by atoms with Gasteiger partial charge in [0.15, 0.2) is 6.10 Å². The Morgan fingerprint density at radius 3 is 2.38 bits per heavy atom. The second-order valence-electron chi connectivity index (χ2n) is 5.99. The first-order valence-electron chi connectivity index (χ1n) is 8.27. The van der Waals surface area contributed by atoms with Crippen LogP contribution in [0.3, 0.4) is 0 Å². The molecule has 0 saturated heterocycles. The molecule has 26 heavy (non-hydrogen) atoms. The highest BCUT2D eigenvalue weighted by Gasteiger charge is 2.19. The summed E-state index contributed by atoms with van der Waals surface area (Å²) in [7, 11) is 0. The average molecular weight is 354 g/mol. The van der Waals surface area contributed by atoms with Gasteiger partial charge in [-0.3, -0.25) is 14.4 Å². The van der Waals surface area contributed by atoms with Crippen LogP contribution in [0.25, 0.3) is 0 Å². The zero-order chi connectivity index (χ0) is 19.1. The topological polar surface area (TPSA) is 84.5 Å². The first-order valence-corrected chi connectivity index (χ1v) is 8.27. The fourth-order valence-electron chi connectivity index (χ4n) is 2.32. The predicted octanol–water partition coefficient (Wildman–Crippen LogP) is 2.60. The molecule has 1 atom stereocenters. The molecule has 0 fully saturated rings. The summed E-state index contributed by atoms with van der Waals surface area (Å²) in [4.78, 5) is 35.9. The molecule has 2 amide bonds. The van der Waals surface area contributed by atoms with Gasteiger partial charge in [0.25, 0.3) is 11.8 Å². The number of nitrogens with one attached hydrogen (secondary N) is 2. The van der Waals surface area contributed by atoms with E-state index in [1.807, 2.05) is 26.0 Å². The van der Waals surface area contributed by atoms with E-state index >= 15 is 0 Å². The first-order chi connectivity index (χ1) is 12.4. The summed E-state index contributed by atoms with van der Waals surface area (Å²) in [6, 6.07) is 14.2. The van der Waals surface area contributed by atoms with Gasteiger partial charge in [0.05, 0.1) is 0 Å². The molecule has 0 unspecified atom stereocenters. The van der Waals surface area contributed by atoms with Crippen LogP contribution >= 0.6 is 0 Å². The van der Waals surface area contributed by atoms with Crippen LogP contribution in [0, 0.1) is 13.8 Å². The van der Waals surface area contributed by atoms with Crippen molar-refractivity contribution in [1.82, 2.24) is 5.32 Å². The summed E-state index contributed by atoms with van der Waals surface area (Å²) < 4.78 is 5.07. The minimum Gasteiger partial charge on any atom is -0.451 e. The number of rotatable bonds is 6. The molecular formula is C20H22N2O4. The Morgan fingerprint density at radius 2 is 1.73 bits per heavy atom. The van der Waals surface area contributed by atoms with Crippen LogP contribution in [0.15, 0.2) is 48.5 Å². The van der Waals surface area contributed by atoms with E-state index in [9.17, 15) is 14.4 Å². The van der Waals surface area contributed by atoms with Crippen molar-refractivity contribution in [1.29, 1.82) is 0 Å². The van der Waals surface area contributed by atoms with E-state index in [-0.39, 0.29) is 12.5 Å². The summed E-state index contributed by atoms with van der Waals surface area (Å²) in [6.45, 7) is 5.02. The van der Waals surface area contributed by atoms with Crippen LogP contribution in [0.5, 0.6) is 0 Å². The predicted molar refractivity (Wildman–Crippen MR) is 98.9 cm³/mol. The summed E-state index contributed by atoms with van der Waals surface area (Å²) in [6.07, 6.45) is -0.975. The Morgan fingerprint density at radius 1 is 1.04 bits per heavy atom. The lowest BCUT2D eigenvalue weighted by molar-refractivity contribution is -0.152. The molecule has 2 aromatic rings. The molecule has 0 aliphatic heterocycles. The molecule has 136 valence electrons. The molecule has 0 bridgehead atoms. The molecule has 0 aliphatic rings.